The van der Waals surface area contributed by atoms with Gasteiger partial charge in [0.15, 0.2) is 3.95 Å². The number of esters is 1. The summed E-state index contributed by atoms with van der Waals surface area (Å²) in [5.74, 6) is -0.346. The Morgan fingerprint density at radius 2 is 2.24 bits per heavy atom. The van der Waals surface area contributed by atoms with Gasteiger partial charge in [-0.2, -0.15) is 0 Å². The van der Waals surface area contributed by atoms with Gasteiger partial charge in [-0.15, -0.1) is 22.7 Å². The van der Waals surface area contributed by atoms with E-state index in [-0.39, 0.29) is 5.97 Å². The first-order chi connectivity index (χ1) is 8.11. The summed E-state index contributed by atoms with van der Waals surface area (Å²) in [6, 6.07) is 4.02. The predicted molar refractivity (Wildman–Crippen MR) is 73.5 cm³/mol. The molecule has 0 amide bonds. The van der Waals surface area contributed by atoms with Gasteiger partial charge in [0.25, 0.3) is 0 Å². The number of aromatic nitrogens is 1. The van der Waals surface area contributed by atoms with Crippen molar-refractivity contribution in [2.45, 2.75) is 13.8 Å². The monoisotopic (exact) mass is 285 g/mol. The van der Waals surface area contributed by atoms with Crippen LogP contribution in [0.15, 0.2) is 12.1 Å². The van der Waals surface area contributed by atoms with Crippen LogP contribution in [0.4, 0.5) is 0 Å². The molecule has 3 nitrogen and oxygen atoms in total. The molecule has 2 aromatic heterocycles. The number of hydrogen-bond acceptors (Lipinski definition) is 5. The number of carbonyl (C=O) groups excluding carboxylic acids is 1. The van der Waals surface area contributed by atoms with Gasteiger partial charge in [0, 0.05) is 9.75 Å². The molecule has 0 saturated carbocycles. The minimum absolute atomic E-state index is 0.346. The average molecular weight is 285 g/mol. The fraction of sp³-hybridized carbons (Fsp3) is 0.273. The highest BCUT2D eigenvalue weighted by atomic mass is 32.1. The van der Waals surface area contributed by atoms with E-state index in [1.54, 1.807) is 18.3 Å². The number of thiophene rings is 1. The minimum atomic E-state index is -0.346. The maximum atomic E-state index is 11.8. The molecule has 2 heterocycles. The Labute approximate surface area is 112 Å². The van der Waals surface area contributed by atoms with Crippen molar-refractivity contribution in [3.8, 4) is 9.75 Å². The zero-order valence-electron chi connectivity index (χ0n) is 9.40. The largest absolute Gasteiger partial charge is 0.461 e. The van der Waals surface area contributed by atoms with E-state index in [4.69, 9.17) is 17.0 Å². The normalized spacial score (nSPS) is 10.5. The lowest BCUT2D eigenvalue weighted by molar-refractivity contribution is 0.0521. The number of nitrogens with one attached hydrogen (secondary N) is 1. The van der Waals surface area contributed by atoms with Gasteiger partial charge < -0.3 is 9.72 Å². The van der Waals surface area contributed by atoms with Crippen LogP contribution in [0, 0.1) is 10.9 Å². The number of carbonyl (C=O) groups is 1. The molecule has 0 aliphatic heterocycles. The number of thiazole rings is 1. The summed E-state index contributed by atoms with van der Waals surface area (Å²) in [5.41, 5.74) is 0.462. The second kappa shape index (κ2) is 5.12. The molecule has 0 aromatic carbocycles. The minimum Gasteiger partial charge on any atom is -0.461 e. The average Bonchev–Trinajstić information content (AvgIpc) is 2.84. The predicted octanol–water partition coefficient (Wildman–Crippen LogP) is 4.02. The SMILES string of the molecule is CCOC(=O)c1[nH]c(=S)sc1-c1ccc(C)s1. The van der Waals surface area contributed by atoms with Crippen molar-refractivity contribution in [2.24, 2.45) is 0 Å². The summed E-state index contributed by atoms with van der Waals surface area (Å²) in [6.07, 6.45) is 0. The Bertz CT molecular complexity index is 594. The van der Waals surface area contributed by atoms with Crippen molar-refractivity contribution >= 4 is 40.9 Å². The zero-order valence-corrected chi connectivity index (χ0v) is 11.9. The van der Waals surface area contributed by atoms with E-state index in [9.17, 15) is 4.79 Å². The van der Waals surface area contributed by atoms with Crippen molar-refractivity contribution in [1.29, 1.82) is 0 Å². The summed E-state index contributed by atoms with van der Waals surface area (Å²) in [5, 5.41) is 0. The molecule has 17 heavy (non-hydrogen) atoms. The van der Waals surface area contributed by atoms with E-state index in [1.807, 2.05) is 19.1 Å². The van der Waals surface area contributed by atoms with E-state index in [1.165, 1.54) is 16.2 Å². The lowest BCUT2D eigenvalue weighted by Crippen LogP contribution is -2.06. The first-order valence-electron chi connectivity index (χ1n) is 5.09. The van der Waals surface area contributed by atoms with Crippen molar-refractivity contribution in [3.05, 3.63) is 26.7 Å². The lowest BCUT2D eigenvalue weighted by Gasteiger charge is -2.00. The molecule has 0 radical (unpaired) electrons. The van der Waals surface area contributed by atoms with Crippen LogP contribution in [0.1, 0.15) is 22.3 Å². The molecule has 0 aliphatic carbocycles. The molecule has 6 heteroatoms. The first-order valence-corrected chi connectivity index (χ1v) is 7.13. The van der Waals surface area contributed by atoms with Crippen LogP contribution < -0.4 is 0 Å². The molecule has 0 atom stereocenters. The number of hydrogen-bond donors (Lipinski definition) is 1. The van der Waals surface area contributed by atoms with Crippen LogP contribution in [0.25, 0.3) is 9.75 Å². The highest BCUT2D eigenvalue weighted by Gasteiger charge is 2.18. The quantitative estimate of drug-likeness (QED) is 0.684. The summed E-state index contributed by atoms with van der Waals surface area (Å²) in [4.78, 5) is 17.8. The molecule has 0 spiro atoms. The summed E-state index contributed by atoms with van der Waals surface area (Å²) in [7, 11) is 0. The third-order valence-electron chi connectivity index (χ3n) is 2.09. The van der Waals surface area contributed by atoms with Gasteiger partial charge in [-0.05, 0) is 38.2 Å². The van der Waals surface area contributed by atoms with Crippen molar-refractivity contribution in [3.63, 3.8) is 0 Å². The van der Waals surface area contributed by atoms with E-state index < -0.39 is 0 Å². The molecule has 2 aromatic rings. The molecule has 0 bridgehead atoms. The molecule has 90 valence electrons. The van der Waals surface area contributed by atoms with Crippen LogP contribution in [0.5, 0.6) is 0 Å². The fourth-order valence-electron chi connectivity index (χ4n) is 1.41. The van der Waals surface area contributed by atoms with Crippen LogP contribution in [0.2, 0.25) is 0 Å². The van der Waals surface area contributed by atoms with Gasteiger partial charge in [0.1, 0.15) is 5.69 Å². The van der Waals surface area contributed by atoms with Crippen molar-refractivity contribution in [2.75, 3.05) is 6.61 Å². The van der Waals surface area contributed by atoms with E-state index in [2.05, 4.69) is 4.98 Å². The first kappa shape index (κ1) is 12.5. The van der Waals surface area contributed by atoms with Gasteiger partial charge in [-0.25, -0.2) is 4.79 Å². The topological polar surface area (TPSA) is 42.1 Å². The van der Waals surface area contributed by atoms with E-state index >= 15 is 0 Å². The Morgan fingerprint density at radius 1 is 1.47 bits per heavy atom. The van der Waals surface area contributed by atoms with Crippen molar-refractivity contribution < 1.29 is 9.53 Å². The second-order valence-corrected chi connectivity index (χ2v) is 6.32. The lowest BCUT2D eigenvalue weighted by atomic mass is 10.3. The molecular weight excluding hydrogens is 274 g/mol. The molecule has 0 unspecified atom stereocenters. The van der Waals surface area contributed by atoms with E-state index in [0.29, 0.717) is 16.3 Å². The van der Waals surface area contributed by atoms with Gasteiger partial charge in [0.2, 0.25) is 0 Å². The molecular formula is C11H11NO2S3. The maximum Gasteiger partial charge on any atom is 0.356 e. The van der Waals surface area contributed by atoms with Crippen molar-refractivity contribution in [1.82, 2.24) is 4.98 Å². The number of aromatic amines is 1. The summed E-state index contributed by atoms with van der Waals surface area (Å²) in [6.45, 7) is 4.18. The third-order valence-corrected chi connectivity index (χ3v) is 4.51. The molecule has 0 fully saturated rings. The third kappa shape index (κ3) is 2.65. The molecule has 2 rings (SSSR count). The number of rotatable bonds is 3. The number of aryl methyl sites for hydroxylation is 1. The van der Waals surface area contributed by atoms with Gasteiger partial charge >= 0.3 is 5.97 Å². The van der Waals surface area contributed by atoms with Gasteiger partial charge in [0.05, 0.1) is 11.5 Å². The molecule has 0 aliphatic rings. The summed E-state index contributed by atoms with van der Waals surface area (Å²) < 4.78 is 5.60. The smallest absolute Gasteiger partial charge is 0.356 e. The number of H-pyrrole nitrogens is 1. The van der Waals surface area contributed by atoms with Crippen LogP contribution in [-0.2, 0) is 4.74 Å². The maximum absolute atomic E-state index is 11.8. The summed E-state index contributed by atoms with van der Waals surface area (Å²) >= 11 is 8.13. The Hall–Kier alpha value is -0.980. The Kier molecular flexibility index (Phi) is 3.76. The van der Waals surface area contributed by atoms with E-state index in [0.717, 1.165) is 9.75 Å². The Morgan fingerprint density at radius 3 is 2.82 bits per heavy atom. The van der Waals surface area contributed by atoms with Crippen LogP contribution >= 0.6 is 34.9 Å². The standard InChI is InChI=1S/C11H11NO2S3/c1-3-14-10(13)8-9(17-11(15)12-8)7-5-4-6(2)16-7/h4-5H,3H2,1-2H3,(H,12,15). The van der Waals surface area contributed by atoms with Crippen LogP contribution in [0.3, 0.4) is 0 Å². The highest BCUT2D eigenvalue weighted by molar-refractivity contribution is 7.73. The second-order valence-electron chi connectivity index (χ2n) is 3.35. The molecule has 0 saturated heterocycles. The zero-order chi connectivity index (χ0) is 12.4. The Balaban J connectivity index is 2.47. The fourth-order valence-corrected chi connectivity index (χ4v) is 3.56. The highest BCUT2D eigenvalue weighted by Crippen LogP contribution is 2.34. The van der Waals surface area contributed by atoms with Gasteiger partial charge in [-0.1, -0.05) is 0 Å². The van der Waals surface area contributed by atoms with Crippen LogP contribution in [-0.4, -0.2) is 17.6 Å². The van der Waals surface area contributed by atoms with Gasteiger partial charge in [-0.3, -0.25) is 0 Å². The number of ether oxygens (including phenoxy) is 1. The molecule has 1 N–H and O–H groups in total.